The minimum atomic E-state index is -0.522. The smallest absolute Gasteiger partial charge is 0.240 e. The van der Waals surface area contributed by atoms with Crippen LogP contribution in [0.1, 0.15) is 5.56 Å². The zero-order chi connectivity index (χ0) is 10.8. The number of nitrogens with two attached hydrogens (primary N) is 1. The summed E-state index contributed by atoms with van der Waals surface area (Å²) in [7, 11) is 0. The van der Waals surface area contributed by atoms with Crippen LogP contribution in [-0.4, -0.2) is 20.2 Å². The molecule has 0 aliphatic rings. The lowest BCUT2D eigenvalue weighted by Crippen LogP contribution is -2.08. The van der Waals surface area contributed by atoms with Gasteiger partial charge in [0, 0.05) is 5.56 Å². The monoisotopic (exact) mass is 211 g/mol. The van der Waals surface area contributed by atoms with Gasteiger partial charge in [0.15, 0.2) is 0 Å². The van der Waals surface area contributed by atoms with E-state index in [2.05, 4.69) is 15.5 Å². The lowest BCUT2D eigenvalue weighted by Gasteiger charge is -2.03. The third-order valence-corrected chi connectivity index (χ3v) is 1.89. The molecule has 7 heteroatoms. The van der Waals surface area contributed by atoms with E-state index < -0.39 is 11.6 Å². The van der Waals surface area contributed by atoms with Crippen LogP contribution in [0.3, 0.4) is 0 Å². The summed E-state index contributed by atoms with van der Waals surface area (Å²) >= 11 is 0. The van der Waals surface area contributed by atoms with Crippen molar-refractivity contribution >= 4 is 5.95 Å². The van der Waals surface area contributed by atoms with Crippen molar-refractivity contribution in [3.8, 4) is 0 Å². The highest BCUT2D eigenvalue weighted by atomic mass is 19.1. The molecular formula is C8H7F2N5. The Bertz CT molecular complexity index is 482. The van der Waals surface area contributed by atoms with Crippen LogP contribution in [0.25, 0.3) is 0 Å². The number of benzene rings is 1. The molecule has 2 N–H and O–H groups in total. The van der Waals surface area contributed by atoms with E-state index in [1.54, 1.807) is 0 Å². The maximum atomic E-state index is 13.2. The van der Waals surface area contributed by atoms with Crippen LogP contribution >= 0.6 is 0 Å². The molecule has 1 heterocycles. The van der Waals surface area contributed by atoms with Crippen molar-refractivity contribution in [3.05, 3.63) is 35.4 Å². The second-order valence-electron chi connectivity index (χ2n) is 2.93. The van der Waals surface area contributed by atoms with Gasteiger partial charge in [-0.1, -0.05) is 5.10 Å². The quantitative estimate of drug-likeness (QED) is 0.788. The molecule has 78 valence electrons. The number of anilines is 1. The Balaban J connectivity index is 2.32. The van der Waals surface area contributed by atoms with Gasteiger partial charge in [-0.15, -0.1) is 0 Å². The highest BCUT2D eigenvalue weighted by molar-refractivity contribution is 5.21. The van der Waals surface area contributed by atoms with Gasteiger partial charge in [0.2, 0.25) is 5.95 Å². The minimum absolute atomic E-state index is 0.00241. The summed E-state index contributed by atoms with van der Waals surface area (Å²) in [5.41, 5.74) is 5.53. The molecule has 0 saturated carbocycles. The van der Waals surface area contributed by atoms with Gasteiger partial charge in [-0.2, -0.15) is 0 Å². The molecule has 15 heavy (non-hydrogen) atoms. The predicted molar refractivity (Wildman–Crippen MR) is 47.7 cm³/mol. The SMILES string of the molecule is Nc1nnnn1Cc1cc(F)ccc1F. The number of nitrogen functional groups attached to an aromatic ring is 1. The normalized spacial score (nSPS) is 10.5. The Hall–Kier alpha value is -2.05. The first kappa shape index (κ1) is 9.50. The van der Waals surface area contributed by atoms with Crippen molar-refractivity contribution < 1.29 is 8.78 Å². The van der Waals surface area contributed by atoms with Crippen molar-refractivity contribution in [2.75, 3.05) is 5.73 Å². The molecular weight excluding hydrogens is 204 g/mol. The highest BCUT2D eigenvalue weighted by Crippen LogP contribution is 2.11. The Labute approximate surface area is 83.5 Å². The molecule has 0 saturated heterocycles. The van der Waals surface area contributed by atoms with Gasteiger partial charge >= 0.3 is 0 Å². The summed E-state index contributed by atoms with van der Waals surface area (Å²) in [5, 5.41) is 10.2. The molecule has 2 rings (SSSR count). The number of rotatable bonds is 2. The molecule has 1 aromatic heterocycles. The molecule has 1 aromatic carbocycles. The van der Waals surface area contributed by atoms with Crippen molar-refractivity contribution in [1.82, 2.24) is 20.2 Å². The summed E-state index contributed by atoms with van der Waals surface area (Å²) in [6.45, 7) is 0.00241. The van der Waals surface area contributed by atoms with E-state index >= 15 is 0 Å². The second kappa shape index (κ2) is 3.60. The van der Waals surface area contributed by atoms with Crippen LogP contribution in [0.2, 0.25) is 0 Å². The zero-order valence-corrected chi connectivity index (χ0v) is 7.56. The van der Waals surface area contributed by atoms with E-state index in [1.165, 1.54) is 4.68 Å². The summed E-state index contributed by atoms with van der Waals surface area (Å²) in [6, 6.07) is 3.17. The second-order valence-corrected chi connectivity index (χ2v) is 2.93. The van der Waals surface area contributed by atoms with Gasteiger partial charge in [-0.25, -0.2) is 13.5 Å². The maximum Gasteiger partial charge on any atom is 0.240 e. The summed E-state index contributed by atoms with van der Waals surface area (Å²) < 4.78 is 27.2. The van der Waals surface area contributed by atoms with Crippen molar-refractivity contribution in [2.45, 2.75) is 6.54 Å². The number of tetrazole rings is 1. The van der Waals surface area contributed by atoms with Gasteiger partial charge in [0.1, 0.15) is 11.6 Å². The molecule has 2 aromatic rings. The van der Waals surface area contributed by atoms with Gasteiger partial charge in [-0.05, 0) is 28.6 Å². The van der Waals surface area contributed by atoms with Gasteiger partial charge < -0.3 is 5.73 Å². The fourth-order valence-corrected chi connectivity index (χ4v) is 1.15. The number of nitrogens with zero attached hydrogens (tertiary/aromatic N) is 4. The summed E-state index contributed by atoms with van der Waals surface area (Å²) in [6.07, 6.45) is 0. The highest BCUT2D eigenvalue weighted by Gasteiger charge is 2.07. The summed E-state index contributed by atoms with van der Waals surface area (Å²) in [4.78, 5) is 0. The number of hydrogen-bond acceptors (Lipinski definition) is 4. The van der Waals surface area contributed by atoms with E-state index in [0.717, 1.165) is 18.2 Å². The molecule has 0 radical (unpaired) electrons. The average molecular weight is 211 g/mol. The minimum Gasteiger partial charge on any atom is -0.367 e. The molecule has 0 bridgehead atoms. The molecule has 0 atom stereocenters. The zero-order valence-electron chi connectivity index (χ0n) is 7.56. The van der Waals surface area contributed by atoms with Crippen molar-refractivity contribution in [2.24, 2.45) is 0 Å². The Morgan fingerprint density at radius 3 is 2.80 bits per heavy atom. The van der Waals surface area contributed by atoms with E-state index in [9.17, 15) is 8.78 Å². The first-order valence-electron chi connectivity index (χ1n) is 4.12. The van der Waals surface area contributed by atoms with Crippen LogP contribution in [0.4, 0.5) is 14.7 Å². The first-order chi connectivity index (χ1) is 7.16. The fourth-order valence-electron chi connectivity index (χ4n) is 1.15. The van der Waals surface area contributed by atoms with Gasteiger partial charge in [0.25, 0.3) is 0 Å². The summed E-state index contributed by atoms with van der Waals surface area (Å²) in [5.74, 6) is -0.983. The lowest BCUT2D eigenvalue weighted by molar-refractivity contribution is 0.562. The Kier molecular flexibility index (Phi) is 2.28. The van der Waals surface area contributed by atoms with Crippen LogP contribution in [0.15, 0.2) is 18.2 Å². The van der Waals surface area contributed by atoms with Crippen LogP contribution in [0, 0.1) is 11.6 Å². The molecule has 0 fully saturated rings. The lowest BCUT2D eigenvalue weighted by atomic mass is 10.2. The van der Waals surface area contributed by atoms with Crippen LogP contribution < -0.4 is 5.73 Å². The fraction of sp³-hybridized carbons (Fsp3) is 0.125. The largest absolute Gasteiger partial charge is 0.367 e. The third-order valence-electron chi connectivity index (χ3n) is 1.89. The molecule has 5 nitrogen and oxygen atoms in total. The topological polar surface area (TPSA) is 69.6 Å². The maximum absolute atomic E-state index is 13.2. The van der Waals surface area contributed by atoms with E-state index in [0.29, 0.717) is 0 Å². The van der Waals surface area contributed by atoms with Crippen molar-refractivity contribution in [3.63, 3.8) is 0 Å². The Morgan fingerprint density at radius 1 is 1.33 bits per heavy atom. The number of aromatic nitrogens is 4. The standard InChI is InChI=1S/C8H7F2N5/c9-6-1-2-7(10)5(3-6)4-15-8(11)12-13-14-15/h1-3H,4H2,(H2,11,12,14). The third kappa shape index (κ3) is 1.90. The molecule has 0 aliphatic heterocycles. The number of hydrogen-bond donors (Lipinski definition) is 1. The first-order valence-corrected chi connectivity index (χ1v) is 4.12. The predicted octanol–water partition coefficient (Wildman–Crippen LogP) is 0.582. The molecule has 0 aliphatic carbocycles. The molecule has 0 amide bonds. The van der Waals surface area contributed by atoms with E-state index in [4.69, 9.17) is 5.73 Å². The Morgan fingerprint density at radius 2 is 2.13 bits per heavy atom. The van der Waals surface area contributed by atoms with Gasteiger partial charge in [0.05, 0.1) is 6.54 Å². The average Bonchev–Trinajstić information content (AvgIpc) is 2.58. The molecule has 0 spiro atoms. The van der Waals surface area contributed by atoms with Crippen LogP contribution in [0.5, 0.6) is 0 Å². The van der Waals surface area contributed by atoms with E-state index in [-0.39, 0.29) is 18.1 Å². The molecule has 0 unspecified atom stereocenters. The van der Waals surface area contributed by atoms with E-state index in [1.807, 2.05) is 0 Å². The van der Waals surface area contributed by atoms with Crippen molar-refractivity contribution in [1.29, 1.82) is 0 Å². The van der Waals surface area contributed by atoms with Crippen LogP contribution in [-0.2, 0) is 6.54 Å². The number of halogens is 2. The van der Waals surface area contributed by atoms with Gasteiger partial charge in [-0.3, -0.25) is 0 Å².